The monoisotopic (exact) mass is 399 g/mol. The fraction of sp³-hybridized carbons (Fsp3) is 0.364. The van der Waals surface area contributed by atoms with Crippen molar-refractivity contribution in [3.05, 3.63) is 60.2 Å². The van der Waals surface area contributed by atoms with Gasteiger partial charge in [-0.05, 0) is 68.8 Å². The average Bonchev–Trinajstić information content (AvgIpc) is 3.11. The highest BCUT2D eigenvalue weighted by molar-refractivity contribution is 5.99. The molecule has 1 N–H and O–H groups in total. The van der Waals surface area contributed by atoms with Crippen molar-refractivity contribution in [3.8, 4) is 0 Å². The smallest absolute Gasteiger partial charge is 0.244 e. The molecule has 0 spiro atoms. The Labute approximate surface area is 168 Å². The Hall–Kier alpha value is -2.80. The third-order valence-corrected chi connectivity index (χ3v) is 5.77. The first-order valence-corrected chi connectivity index (χ1v) is 9.89. The number of para-hydroxylation sites is 1. The summed E-state index contributed by atoms with van der Waals surface area (Å²) in [5.41, 5.74) is 0.902. The summed E-state index contributed by atoms with van der Waals surface area (Å²) in [6, 6.07) is 11.8. The van der Waals surface area contributed by atoms with Crippen molar-refractivity contribution < 1.29 is 18.4 Å². The van der Waals surface area contributed by atoms with E-state index in [1.54, 1.807) is 18.2 Å². The maximum absolute atomic E-state index is 14.1. The summed E-state index contributed by atoms with van der Waals surface area (Å²) in [5.74, 6) is -1.04. The van der Waals surface area contributed by atoms with Gasteiger partial charge < -0.3 is 10.2 Å². The molecule has 29 heavy (non-hydrogen) atoms. The Balaban J connectivity index is 1.33. The van der Waals surface area contributed by atoms with E-state index in [9.17, 15) is 18.4 Å². The van der Waals surface area contributed by atoms with Crippen molar-refractivity contribution in [2.45, 2.75) is 25.3 Å². The molecular weight excluding hydrogens is 376 g/mol. The zero-order valence-electron chi connectivity index (χ0n) is 16.0. The molecule has 0 radical (unpaired) electrons. The standard InChI is InChI=1S/C22H23F2N3O2/c23-16-5-7-17(8-6-16)25-21(28)15-9-12-26(13-10-15)20-11-14-27(22(20)29)19-4-2-1-3-18(19)24/h1-8,15,20H,9-14H2,(H,25,28). The molecule has 1 atom stereocenters. The average molecular weight is 399 g/mol. The highest BCUT2D eigenvalue weighted by Crippen LogP contribution is 2.29. The van der Waals surface area contributed by atoms with Crippen LogP contribution in [0.3, 0.4) is 0 Å². The fourth-order valence-corrected chi connectivity index (χ4v) is 4.16. The van der Waals surface area contributed by atoms with Crippen molar-refractivity contribution in [3.63, 3.8) is 0 Å². The molecule has 2 aromatic carbocycles. The van der Waals surface area contributed by atoms with E-state index < -0.39 is 5.82 Å². The van der Waals surface area contributed by atoms with E-state index >= 15 is 0 Å². The number of amides is 2. The Morgan fingerprint density at radius 1 is 0.931 bits per heavy atom. The molecule has 0 saturated carbocycles. The van der Waals surface area contributed by atoms with Gasteiger partial charge in [-0.25, -0.2) is 8.78 Å². The molecule has 4 rings (SSSR count). The molecule has 1 unspecified atom stereocenters. The van der Waals surface area contributed by atoms with Gasteiger partial charge in [-0.1, -0.05) is 12.1 Å². The van der Waals surface area contributed by atoms with Crippen molar-refractivity contribution in [2.75, 3.05) is 29.9 Å². The van der Waals surface area contributed by atoms with Crippen LogP contribution >= 0.6 is 0 Å². The Morgan fingerprint density at radius 3 is 2.31 bits per heavy atom. The quantitative estimate of drug-likeness (QED) is 0.857. The molecule has 2 fully saturated rings. The van der Waals surface area contributed by atoms with Crippen LogP contribution in [0.1, 0.15) is 19.3 Å². The van der Waals surface area contributed by atoms with E-state index in [0.29, 0.717) is 50.3 Å². The first-order chi connectivity index (χ1) is 14.0. The maximum atomic E-state index is 14.1. The summed E-state index contributed by atoms with van der Waals surface area (Å²) in [6.07, 6.45) is 1.95. The minimum Gasteiger partial charge on any atom is -0.326 e. The Kier molecular flexibility index (Phi) is 5.58. The van der Waals surface area contributed by atoms with Crippen LogP contribution in [-0.2, 0) is 9.59 Å². The van der Waals surface area contributed by atoms with Gasteiger partial charge in [-0.2, -0.15) is 0 Å². The number of rotatable bonds is 4. The summed E-state index contributed by atoms with van der Waals surface area (Å²) in [4.78, 5) is 29.0. The zero-order chi connectivity index (χ0) is 20.4. The first kappa shape index (κ1) is 19.5. The normalized spacial score (nSPS) is 20.8. The number of anilines is 2. The predicted molar refractivity (Wildman–Crippen MR) is 106 cm³/mol. The summed E-state index contributed by atoms with van der Waals surface area (Å²) >= 11 is 0. The molecule has 2 amide bonds. The van der Waals surface area contributed by atoms with Gasteiger partial charge in [0.1, 0.15) is 11.6 Å². The van der Waals surface area contributed by atoms with Crippen molar-refractivity contribution in [1.82, 2.24) is 4.90 Å². The van der Waals surface area contributed by atoms with Gasteiger partial charge in [0.2, 0.25) is 11.8 Å². The number of halogens is 2. The number of carbonyl (C=O) groups is 2. The summed E-state index contributed by atoms with van der Waals surface area (Å²) < 4.78 is 27.0. The molecule has 152 valence electrons. The van der Waals surface area contributed by atoms with E-state index in [1.807, 2.05) is 0 Å². The first-order valence-electron chi connectivity index (χ1n) is 9.89. The van der Waals surface area contributed by atoms with Gasteiger partial charge in [0, 0.05) is 18.2 Å². The van der Waals surface area contributed by atoms with Crippen LogP contribution < -0.4 is 10.2 Å². The minimum atomic E-state index is -0.391. The molecule has 0 aliphatic carbocycles. The van der Waals surface area contributed by atoms with E-state index in [4.69, 9.17) is 0 Å². The summed E-state index contributed by atoms with van der Waals surface area (Å²) in [7, 11) is 0. The van der Waals surface area contributed by atoms with E-state index in [0.717, 1.165) is 0 Å². The number of carbonyl (C=O) groups excluding carboxylic acids is 2. The highest BCUT2D eigenvalue weighted by Gasteiger charge is 2.39. The lowest BCUT2D eigenvalue weighted by Gasteiger charge is -2.34. The van der Waals surface area contributed by atoms with Crippen LogP contribution in [0.5, 0.6) is 0 Å². The van der Waals surface area contributed by atoms with Crippen LogP contribution in [0.25, 0.3) is 0 Å². The third-order valence-electron chi connectivity index (χ3n) is 5.77. The number of benzene rings is 2. The lowest BCUT2D eigenvalue weighted by atomic mass is 9.94. The second kappa shape index (κ2) is 8.29. The van der Waals surface area contributed by atoms with Gasteiger partial charge >= 0.3 is 0 Å². The van der Waals surface area contributed by atoms with E-state index in [-0.39, 0.29) is 29.6 Å². The summed E-state index contributed by atoms with van der Waals surface area (Å²) in [5, 5.41) is 2.83. The highest BCUT2D eigenvalue weighted by atomic mass is 19.1. The van der Waals surface area contributed by atoms with Crippen molar-refractivity contribution >= 4 is 23.2 Å². The van der Waals surface area contributed by atoms with Gasteiger partial charge in [0.05, 0.1) is 11.7 Å². The molecule has 2 saturated heterocycles. The number of nitrogens with one attached hydrogen (secondary N) is 1. The number of likely N-dealkylation sites (tertiary alicyclic amines) is 1. The van der Waals surface area contributed by atoms with Crippen LogP contribution in [0.2, 0.25) is 0 Å². The largest absolute Gasteiger partial charge is 0.326 e. The van der Waals surface area contributed by atoms with Crippen LogP contribution in [0, 0.1) is 17.6 Å². The van der Waals surface area contributed by atoms with Crippen molar-refractivity contribution in [1.29, 1.82) is 0 Å². The maximum Gasteiger partial charge on any atom is 0.244 e. The topological polar surface area (TPSA) is 52.7 Å². The molecule has 2 aromatic rings. The van der Waals surface area contributed by atoms with Gasteiger partial charge in [-0.3, -0.25) is 14.5 Å². The Morgan fingerprint density at radius 2 is 1.62 bits per heavy atom. The fourth-order valence-electron chi connectivity index (χ4n) is 4.16. The third kappa shape index (κ3) is 4.15. The lowest BCUT2D eigenvalue weighted by Crippen LogP contribution is -2.47. The van der Waals surface area contributed by atoms with E-state index in [1.165, 1.54) is 35.2 Å². The van der Waals surface area contributed by atoms with Gasteiger partial charge in [0.15, 0.2) is 0 Å². The zero-order valence-corrected chi connectivity index (χ0v) is 16.0. The number of hydrogen-bond acceptors (Lipinski definition) is 3. The molecule has 2 aliphatic rings. The minimum absolute atomic E-state index is 0.0793. The number of piperidine rings is 1. The van der Waals surface area contributed by atoms with Gasteiger partial charge in [-0.15, -0.1) is 0 Å². The molecular formula is C22H23F2N3O2. The number of hydrogen-bond donors (Lipinski definition) is 1. The second-order valence-corrected chi connectivity index (χ2v) is 7.55. The molecule has 2 heterocycles. The predicted octanol–water partition coefficient (Wildman–Crippen LogP) is 3.42. The van der Waals surface area contributed by atoms with E-state index in [2.05, 4.69) is 10.2 Å². The molecule has 2 aliphatic heterocycles. The molecule has 0 bridgehead atoms. The second-order valence-electron chi connectivity index (χ2n) is 7.55. The lowest BCUT2D eigenvalue weighted by molar-refractivity contribution is -0.123. The van der Waals surface area contributed by atoms with Gasteiger partial charge in [0.25, 0.3) is 0 Å². The van der Waals surface area contributed by atoms with Crippen LogP contribution in [0.15, 0.2) is 48.5 Å². The SMILES string of the molecule is O=C(Nc1ccc(F)cc1)C1CCN(C2CCN(c3ccccc3F)C2=O)CC1. The Bertz CT molecular complexity index is 895. The molecule has 5 nitrogen and oxygen atoms in total. The van der Waals surface area contributed by atoms with Crippen LogP contribution in [0.4, 0.5) is 20.2 Å². The molecule has 0 aromatic heterocycles. The van der Waals surface area contributed by atoms with Crippen LogP contribution in [-0.4, -0.2) is 42.4 Å². The number of nitrogens with zero attached hydrogens (tertiary/aromatic N) is 2. The molecule has 7 heteroatoms. The summed E-state index contributed by atoms with van der Waals surface area (Å²) in [6.45, 7) is 1.78. The van der Waals surface area contributed by atoms with Crippen molar-refractivity contribution in [2.24, 2.45) is 5.92 Å².